The fourth-order valence-corrected chi connectivity index (χ4v) is 3.65. The van der Waals surface area contributed by atoms with E-state index in [1.807, 2.05) is 12.1 Å². The normalized spacial score (nSPS) is 30.8. The third kappa shape index (κ3) is 2.65. The molecule has 0 amide bonds. The summed E-state index contributed by atoms with van der Waals surface area (Å²) in [4.78, 5) is 4.80. The fourth-order valence-electron chi connectivity index (χ4n) is 3.65. The molecule has 0 bridgehead atoms. The third-order valence-corrected chi connectivity index (χ3v) is 5.11. The molecule has 1 aromatic rings. The topological polar surface area (TPSA) is 41.7 Å². The van der Waals surface area contributed by atoms with E-state index < -0.39 is 0 Å². The first-order valence-electron chi connectivity index (χ1n) is 7.73. The molecule has 0 aliphatic carbocycles. The molecule has 2 aliphatic rings. The lowest BCUT2D eigenvalue weighted by atomic mass is 9.89. The lowest BCUT2D eigenvalue weighted by molar-refractivity contribution is 0.0114. The van der Waals surface area contributed by atoms with Crippen molar-refractivity contribution in [2.45, 2.75) is 25.0 Å². The van der Waals surface area contributed by atoms with E-state index in [0.29, 0.717) is 6.54 Å². The standard InChI is InChI=1S/C16H24FN3O/c1-13-16(12-18,6-11-21-13)20-9-7-19(8-10-20)15-4-2-14(17)3-5-15/h2-5,13H,6-12,18H2,1H3. The van der Waals surface area contributed by atoms with Gasteiger partial charge in [-0.3, -0.25) is 4.90 Å². The van der Waals surface area contributed by atoms with Crippen LogP contribution in [0.15, 0.2) is 24.3 Å². The molecule has 1 aromatic carbocycles. The van der Waals surface area contributed by atoms with E-state index in [1.54, 1.807) is 0 Å². The maximum absolute atomic E-state index is 13.0. The van der Waals surface area contributed by atoms with Crippen LogP contribution in [0.25, 0.3) is 0 Å². The van der Waals surface area contributed by atoms with Gasteiger partial charge < -0.3 is 15.4 Å². The number of benzene rings is 1. The molecular formula is C16H24FN3O. The minimum absolute atomic E-state index is 0.00507. The van der Waals surface area contributed by atoms with Crippen molar-refractivity contribution >= 4 is 5.69 Å². The molecule has 4 nitrogen and oxygen atoms in total. The summed E-state index contributed by atoms with van der Waals surface area (Å²) < 4.78 is 18.8. The minimum atomic E-state index is -0.184. The molecule has 116 valence electrons. The summed E-state index contributed by atoms with van der Waals surface area (Å²) in [5, 5.41) is 0. The van der Waals surface area contributed by atoms with Crippen LogP contribution in [0.3, 0.4) is 0 Å². The molecule has 5 heteroatoms. The van der Waals surface area contributed by atoms with Gasteiger partial charge in [-0.15, -0.1) is 0 Å². The van der Waals surface area contributed by atoms with Crippen molar-refractivity contribution in [1.82, 2.24) is 4.90 Å². The average molecular weight is 293 g/mol. The Morgan fingerprint density at radius 2 is 1.90 bits per heavy atom. The monoisotopic (exact) mass is 293 g/mol. The van der Waals surface area contributed by atoms with Gasteiger partial charge in [0.05, 0.1) is 11.6 Å². The molecule has 2 heterocycles. The van der Waals surface area contributed by atoms with Crippen LogP contribution in [0.1, 0.15) is 13.3 Å². The smallest absolute Gasteiger partial charge is 0.123 e. The zero-order valence-corrected chi connectivity index (χ0v) is 12.6. The van der Waals surface area contributed by atoms with Crippen molar-refractivity contribution < 1.29 is 9.13 Å². The maximum Gasteiger partial charge on any atom is 0.123 e. The second-order valence-electron chi connectivity index (χ2n) is 6.02. The van der Waals surface area contributed by atoms with Crippen LogP contribution in [-0.4, -0.2) is 55.9 Å². The molecule has 0 spiro atoms. The Morgan fingerprint density at radius 3 is 2.43 bits per heavy atom. The van der Waals surface area contributed by atoms with Gasteiger partial charge in [0, 0.05) is 45.0 Å². The highest BCUT2D eigenvalue weighted by molar-refractivity contribution is 5.46. The number of anilines is 1. The van der Waals surface area contributed by atoms with Crippen molar-refractivity contribution in [2.75, 3.05) is 44.2 Å². The number of ether oxygens (including phenoxy) is 1. The number of hydrogen-bond donors (Lipinski definition) is 1. The van der Waals surface area contributed by atoms with Gasteiger partial charge in [-0.2, -0.15) is 0 Å². The Bertz CT molecular complexity index is 473. The largest absolute Gasteiger partial charge is 0.376 e. The molecule has 2 unspecified atom stereocenters. The number of nitrogens with two attached hydrogens (primary N) is 1. The Morgan fingerprint density at radius 1 is 1.24 bits per heavy atom. The summed E-state index contributed by atoms with van der Waals surface area (Å²) in [6, 6.07) is 6.75. The van der Waals surface area contributed by atoms with E-state index in [-0.39, 0.29) is 17.5 Å². The van der Waals surface area contributed by atoms with Gasteiger partial charge in [0.2, 0.25) is 0 Å². The zero-order valence-electron chi connectivity index (χ0n) is 12.6. The van der Waals surface area contributed by atoms with Gasteiger partial charge in [-0.1, -0.05) is 0 Å². The lowest BCUT2D eigenvalue weighted by Gasteiger charge is -2.47. The van der Waals surface area contributed by atoms with Crippen LogP contribution in [0.4, 0.5) is 10.1 Å². The number of rotatable bonds is 3. The van der Waals surface area contributed by atoms with Crippen molar-refractivity contribution in [1.29, 1.82) is 0 Å². The van der Waals surface area contributed by atoms with Gasteiger partial charge in [0.25, 0.3) is 0 Å². The first-order valence-corrected chi connectivity index (χ1v) is 7.73. The third-order valence-electron chi connectivity index (χ3n) is 5.11. The first-order chi connectivity index (χ1) is 10.2. The molecular weight excluding hydrogens is 269 g/mol. The molecule has 0 saturated carbocycles. The number of piperazine rings is 1. The van der Waals surface area contributed by atoms with Crippen LogP contribution in [0, 0.1) is 5.82 Å². The minimum Gasteiger partial charge on any atom is -0.376 e. The maximum atomic E-state index is 13.0. The van der Waals surface area contributed by atoms with Gasteiger partial charge in [-0.05, 0) is 37.6 Å². The predicted octanol–water partition coefficient (Wildman–Crippen LogP) is 1.45. The predicted molar refractivity (Wildman–Crippen MR) is 82.0 cm³/mol. The second kappa shape index (κ2) is 5.91. The van der Waals surface area contributed by atoms with Crippen molar-refractivity contribution in [3.63, 3.8) is 0 Å². The molecule has 3 rings (SSSR count). The van der Waals surface area contributed by atoms with Gasteiger partial charge in [0.1, 0.15) is 5.82 Å². The summed E-state index contributed by atoms with van der Waals surface area (Å²) in [5.74, 6) is -0.184. The van der Waals surface area contributed by atoms with Crippen molar-refractivity contribution in [3.05, 3.63) is 30.1 Å². The molecule has 0 radical (unpaired) electrons. The fraction of sp³-hybridized carbons (Fsp3) is 0.625. The van der Waals surface area contributed by atoms with Crippen LogP contribution in [-0.2, 0) is 4.74 Å². The molecule has 21 heavy (non-hydrogen) atoms. The SMILES string of the molecule is CC1OCCC1(CN)N1CCN(c2ccc(F)cc2)CC1. The van der Waals surface area contributed by atoms with E-state index >= 15 is 0 Å². The zero-order chi connectivity index (χ0) is 14.9. The Hall–Kier alpha value is -1.17. The first kappa shape index (κ1) is 14.8. The second-order valence-corrected chi connectivity index (χ2v) is 6.02. The highest BCUT2D eigenvalue weighted by Gasteiger charge is 2.45. The van der Waals surface area contributed by atoms with Gasteiger partial charge in [0.15, 0.2) is 0 Å². The number of halogens is 1. The van der Waals surface area contributed by atoms with Gasteiger partial charge >= 0.3 is 0 Å². The Labute approximate surface area is 125 Å². The average Bonchev–Trinajstić information content (AvgIpc) is 2.90. The van der Waals surface area contributed by atoms with Crippen molar-refractivity contribution in [2.24, 2.45) is 5.73 Å². The molecule has 2 saturated heterocycles. The Kier molecular flexibility index (Phi) is 4.15. The number of hydrogen-bond acceptors (Lipinski definition) is 4. The summed E-state index contributed by atoms with van der Waals surface area (Å²) >= 11 is 0. The van der Waals surface area contributed by atoms with Crippen LogP contribution in [0.2, 0.25) is 0 Å². The Balaban J connectivity index is 1.66. The molecule has 0 aromatic heterocycles. The van der Waals surface area contributed by atoms with Crippen molar-refractivity contribution in [3.8, 4) is 0 Å². The quantitative estimate of drug-likeness (QED) is 0.916. The van der Waals surface area contributed by atoms with E-state index in [4.69, 9.17) is 10.5 Å². The highest BCUT2D eigenvalue weighted by atomic mass is 19.1. The van der Waals surface area contributed by atoms with E-state index in [0.717, 1.165) is 44.9 Å². The molecule has 2 N–H and O–H groups in total. The van der Waals surface area contributed by atoms with E-state index in [1.165, 1.54) is 12.1 Å². The summed E-state index contributed by atoms with van der Waals surface area (Å²) in [6.45, 7) is 7.41. The van der Waals surface area contributed by atoms with Crippen LogP contribution >= 0.6 is 0 Å². The molecule has 2 fully saturated rings. The number of nitrogens with zero attached hydrogens (tertiary/aromatic N) is 2. The summed E-state index contributed by atoms with van der Waals surface area (Å²) in [7, 11) is 0. The molecule has 2 atom stereocenters. The summed E-state index contributed by atoms with van der Waals surface area (Å²) in [5.41, 5.74) is 7.16. The highest BCUT2D eigenvalue weighted by Crippen LogP contribution is 2.32. The molecule has 2 aliphatic heterocycles. The van der Waals surface area contributed by atoms with Gasteiger partial charge in [-0.25, -0.2) is 4.39 Å². The van der Waals surface area contributed by atoms with E-state index in [9.17, 15) is 4.39 Å². The summed E-state index contributed by atoms with van der Waals surface area (Å²) in [6.07, 6.45) is 1.21. The van der Waals surface area contributed by atoms with Crippen LogP contribution in [0.5, 0.6) is 0 Å². The van der Waals surface area contributed by atoms with E-state index in [2.05, 4.69) is 16.7 Å². The van der Waals surface area contributed by atoms with Crippen LogP contribution < -0.4 is 10.6 Å². The lowest BCUT2D eigenvalue weighted by Crippen LogP contribution is -2.63.